The van der Waals surface area contributed by atoms with Crippen LogP contribution < -0.4 is 4.72 Å². The number of carboxylic acid groups (broad SMARTS) is 1. The van der Waals surface area contributed by atoms with Crippen molar-refractivity contribution in [2.24, 2.45) is 5.92 Å². The van der Waals surface area contributed by atoms with E-state index in [-0.39, 0.29) is 13.1 Å². The van der Waals surface area contributed by atoms with Crippen molar-refractivity contribution < 1.29 is 27.9 Å². The largest absolute Gasteiger partial charge is 0.481 e. The minimum Gasteiger partial charge on any atom is -0.481 e. The molecular weight excluding hydrogens is 228 g/mol. The van der Waals surface area contributed by atoms with Crippen LogP contribution in [0.5, 0.6) is 0 Å². The van der Waals surface area contributed by atoms with Gasteiger partial charge in [-0.3, -0.25) is 4.79 Å². The molecule has 1 rings (SSSR count). The predicted molar refractivity (Wildman–Crippen MR) is 47.2 cm³/mol. The third-order valence-electron chi connectivity index (χ3n) is 1.93. The summed E-state index contributed by atoms with van der Waals surface area (Å²) in [6.45, 7) is -0.274. The first-order valence-corrected chi connectivity index (χ1v) is 5.39. The SMILES string of the molecule is COC(=O)NS(=O)(=O)N1CC(C(=O)O)C1. The predicted octanol–water partition coefficient (Wildman–Crippen LogP) is -1.40. The number of hydrogen-bond acceptors (Lipinski definition) is 5. The van der Waals surface area contributed by atoms with Gasteiger partial charge in [0.1, 0.15) is 0 Å². The smallest absolute Gasteiger partial charge is 0.421 e. The maximum Gasteiger partial charge on any atom is 0.421 e. The Kier molecular flexibility index (Phi) is 3.15. The maximum atomic E-state index is 11.3. The quantitative estimate of drug-likeness (QED) is 0.625. The van der Waals surface area contributed by atoms with Gasteiger partial charge in [0, 0.05) is 13.1 Å². The number of hydrogen-bond donors (Lipinski definition) is 2. The summed E-state index contributed by atoms with van der Waals surface area (Å²) < 4.78 is 29.1. The summed E-state index contributed by atoms with van der Waals surface area (Å²) in [4.78, 5) is 21.0. The number of rotatable bonds is 3. The number of nitrogens with zero attached hydrogens (tertiary/aromatic N) is 1. The molecule has 0 saturated carbocycles. The van der Waals surface area contributed by atoms with Crippen molar-refractivity contribution in [1.82, 2.24) is 9.03 Å². The first-order chi connectivity index (χ1) is 6.86. The van der Waals surface area contributed by atoms with Crippen molar-refractivity contribution in [2.75, 3.05) is 20.2 Å². The molecule has 1 fully saturated rings. The van der Waals surface area contributed by atoms with Crippen LogP contribution in [-0.4, -0.2) is 50.1 Å². The minimum absolute atomic E-state index is 0.137. The highest BCUT2D eigenvalue weighted by molar-refractivity contribution is 7.87. The molecule has 0 aromatic carbocycles. The van der Waals surface area contributed by atoms with E-state index >= 15 is 0 Å². The van der Waals surface area contributed by atoms with Gasteiger partial charge in [-0.2, -0.15) is 12.7 Å². The highest BCUT2D eigenvalue weighted by Crippen LogP contribution is 2.18. The molecule has 0 aromatic rings. The Labute approximate surface area is 86.0 Å². The summed E-state index contributed by atoms with van der Waals surface area (Å²) in [5, 5.41) is 8.51. The molecule has 0 bridgehead atoms. The summed E-state index contributed by atoms with van der Waals surface area (Å²) in [5.41, 5.74) is 0. The fraction of sp³-hybridized carbons (Fsp3) is 0.667. The lowest BCUT2D eigenvalue weighted by Crippen LogP contribution is -2.57. The highest BCUT2D eigenvalue weighted by atomic mass is 32.2. The number of ether oxygens (including phenoxy) is 1. The van der Waals surface area contributed by atoms with Crippen LogP contribution in [0, 0.1) is 5.92 Å². The molecule has 2 N–H and O–H groups in total. The van der Waals surface area contributed by atoms with Crippen LogP contribution in [0.2, 0.25) is 0 Å². The van der Waals surface area contributed by atoms with E-state index in [1.165, 1.54) is 0 Å². The number of carbonyl (C=O) groups is 2. The van der Waals surface area contributed by atoms with E-state index in [1.807, 2.05) is 0 Å². The van der Waals surface area contributed by atoms with Gasteiger partial charge in [-0.1, -0.05) is 0 Å². The van der Waals surface area contributed by atoms with Gasteiger partial charge >= 0.3 is 22.3 Å². The van der Waals surface area contributed by atoms with E-state index in [4.69, 9.17) is 5.11 Å². The fourth-order valence-electron chi connectivity index (χ4n) is 1.00. The van der Waals surface area contributed by atoms with Crippen LogP contribution in [0.3, 0.4) is 0 Å². The second kappa shape index (κ2) is 4.03. The lowest BCUT2D eigenvalue weighted by atomic mass is 10.0. The summed E-state index contributed by atoms with van der Waals surface area (Å²) >= 11 is 0. The lowest BCUT2D eigenvalue weighted by Gasteiger charge is -2.34. The van der Waals surface area contributed by atoms with Crippen LogP contribution in [0.1, 0.15) is 0 Å². The number of aliphatic carboxylic acids is 1. The first-order valence-electron chi connectivity index (χ1n) is 3.95. The van der Waals surface area contributed by atoms with Crippen molar-refractivity contribution >= 4 is 22.3 Å². The van der Waals surface area contributed by atoms with Crippen molar-refractivity contribution in [3.05, 3.63) is 0 Å². The molecule has 1 heterocycles. The Hall–Kier alpha value is -1.35. The van der Waals surface area contributed by atoms with E-state index < -0.39 is 28.2 Å². The van der Waals surface area contributed by atoms with E-state index in [9.17, 15) is 18.0 Å². The monoisotopic (exact) mass is 238 g/mol. The fourth-order valence-corrected chi connectivity index (χ4v) is 2.18. The zero-order valence-corrected chi connectivity index (χ0v) is 8.65. The Morgan fingerprint density at radius 1 is 1.47 bits per heavy atom. The summed E-state index contributed by atoms with van der Waals surface area (Å²) in [7, 11) is -2.93. The van der Waals surface area contributed by atoms with Crippen LogP contribution in [0.4, 0.5) is 4.79 Å². The van der Waals surface area contributed by atoms with Crippen LogP contribution in [-0.2, 0) is 19.7 Å². The average molecular weight is 238 g/mol. The van der Waals surface area contributed by atoms with Gasteiger partial charge in [-0.25, -0.2) is 9.52 Å². The molecule has 8 nitrogen and oxygen atoms in total. The molecule has 0 radical (unpaired) electrons. The number of nitrogens with one attached hydrogen (secondary N) is 1. The third-order valence-corrected chi connectivity index (χ3v) is 3.34. The molecule has 15 heavy (non-hydrogen) atoms. The molecule has 0 aromatic heterocycles. The Morgan fingerprint density at radius 3 is 2.40 bits per heavy atom. The molecule has 9 heteroatoms. The molecule has 1 aliphatic rings. The normalized spacial score (nSPS) is 17.9. The lowest BCUT2D eigenvalue weighted by molar-refractivity contribution is -0.145. The molecule has 0 spiro atoms. The second-order valence-electron chi connectivity index (χ2n) is 2.95. The first kappa shape index (κ1) is 11.7. The molecular formula is C6H10N2O6S. The van der Waals surface area contributed by atoms with Crippen LogP contribution >= 0.6 is 0 Å². The van der Waals surface area contributed by atoms with Gasteiger partial charge in [0.15, 0.2) is 0 Å². The van der Waals surface area contributed by atoms with E-state index in [0.29, 0.717) is 0 Å². The molecule has 1 amide bonds. The van der Waals surface area contributed by atoms with Gasteiger partial charge in [0.05, 0.1) is 13.0 Å². The maximum absolute atomic E-state index is 11.3. The Bertz CT molecular complexity index is 371. The second-order valence-corrected chi connectivity index (χ2v) is 4.62. The van der Waals surface area contributed by atoms with Gasteiger partial charge in [-0.15, -0.1) is 0 Å². The van der Waals surface area contributed by atoms with Gasteiger partial charge in [-0.05, 0) is 0 Å². The summed E-state index contributed by atoms with van der Waals surface area (Å²) in [5.74, 6) is -1.77. The Morgan fingerprint density at radius 2 is 2.00 bits per heavy atom. The summed E-state index contributed by atoms with van der Waals surface area (Å²) in [6.07, 6.45) is -1.10. The minimum atomic E-state index is -3.96. The van der Waals surface area contributed by atoms with E-state index in [2.05, 4.69) is 4.74 Å². The third kappa shape index (κ3) is 2.57. The van der Waals surface area contributed by atoms with Crippen molar-refractivity contribution in [2.45, 2.75) is 0 Å². The number of amides is 1. The topological polar surface area (TPSA) is 113 Å². The molecule has 0 unspecified atom stereocenters. The van der Waals surface area contributed by atoms with Gasteiger partial charge in [0.25, 0.3) is 0 Å². The average Bonchev–Trinajstić information content (AvgIpc) is 1.98. The summed E-state index contributed by atoms with van der Waals surface area (Å²) in [6, 6.07) is 0. The van der Waals surface area contributed by atoms with Crippen LogP contribution in [0.25, 0.3) is 0 Å². The zero-order valence-electron chi connectivity index (χ0n) is 7.84. The molecule has 1 aliphatic heterocycles. The van der Waals surface area contributed by atoms with Gasteiger partial charge in [0.2, 0.25) is 0 Å². The van der Waals surface area contributed by atoms with E-state index in [0.717, 1.165) is 11.4 Å². The van der Waals surface area contributed by atoms with E-state index in [1.54, 1.807) is 4.72 Å². The number of methoxy groups -OCH3 is 1. The van der Waals surface area contributed by atoms with Crippen LogP contribution in [0.15, 0.2) is 0 Å². The molecule has 1 saturated heterocycles. The molecule has 86 valence electrons. The molecule has 0 aliphatic carbocycles. The molecule has 0 atom stereocenters. The number of carboxylic acids is 1. The van der Waals surface area contributed by atoms with Gasteiger partial charge < -0.3 is 9.84 Å². The zero-order chi connectivity index (χ0) is 11.6. The highest BCUT2D eigenvalue weighted by Gasteiger charge is 2.40. The number of carbonyl (C=O) groups excluding carboxylic acids is 1. The van der Waals surface area contributed by atoms with Crippen molar-refractivity contribution in [3.63, 3.8) is 0 Å². The van der Waals surface area contributed by atoms with Crippen molar-refractivity contribution in [1.29, 1.82) is 0 Å². The van der Waals surface area contributed by atoms with Crippen molar-refractivity contribution in [3.8, 4) is 0 Å². The standard InChI is InChI=1S/C6H10N2O6S/c1-14-6(11)7-15(12,13)8-2-4(3-8)5(9)10/h4H,2-3H2,1H3,(H,7,11)(H,9,10). The Balaban J connectivity index is 2.52.